The Balaban J connectivity index is 1.24. The highest BCUT2D eigenvalue weighted by Gasteiger charge is 2.21. The second-order valence-electron chi connectivity index (χ2n) is 8.77. The zero-order valence-corrected chi connectivity index (χ0v) is 16.4. The lowest BCUT2D eigenvalue weighted by atomic mass is 9.86. The molecule has 0 aromatic carbocycles. The highest BCUT2D eigenvalue weighted by Crippen LogP contribution is 2.28. The first-order valence-corrected chi connectivity index (χ1v) is 11.2. The molecule has 0 N–H and O–H groups in total. The minimum atomic E-state index is 0.425. The monoisotopic (exact) mass is 356 g/mol. The molecule has 1 aliphatic heterocycles. The van der Waals surface area contributed by atoms with Gasteiger partial charge in [-0.1, -0.05) is 38.2 Å². The summed E-state index contributed by atoms with van der Waals surface area (Å²) in [6.07, 6.45) is 17.9. The van der Waals surface area contributed by atoms with E-state index in [1.54, 1.807) is 0 Å². The molecule has 0 radical (unpaired) electrons. The fourth-order valence-corrected chi connectivity index (χ4v) is 4.84. The van der Waals surface area contributed by atoms with Crippen molar-refractivity contribution in [2.45, 2.75) is 89.6 Å². The number of aromatic nitrogens is 1. The van der Waals surface area contributed by atoms with Crippen LogP contribution in [-0.4, -0.2) is 35.6 Å². The minimum Gasteiger partial charge on any atom is -0.474 e. The summed E-state index contributed by atoms with van der Waals surface area (Å²) in [5.41, 5.74) is 2.74. The lowest BCUT2D eigenvalue weighted by molar-refractivity contribution is 0.114. The predicted molar refractivity (Wildman–Crippen MR) is 107 cm³/mol. The maximum atomic E-state index is 6.00. The van der Waals surface area contributed by atoms with Crippen molar-refractivity contribution < 1.29 is 4.74 Å². The van der Waals surface area contributed by atoms with Gasteiger partial charge in [0.2, 0.25) is 5.88 Å². The Morgan fingerprint density at radius 3 is 2.62 bits per heavy atom. The molecule has 1 aromatic rings. The maximum Gasteiger partial charge on any atom is 0.213 e. The first-order valence-electron chi connectivity index (χ1n) is 11.2. The summed E-state index contributed by atoms with van der Waals surface area (Å²) in [6.45, 7) is 3.73. The predicted octanol–water partition coefficient (Wildman–Crippen LogP) is 5.16. The Bertz CT molecular complexity index is 563. The number of aryl methyl sites for hydroxylation is 1. The fraction of sp³-hybridized carbons (Fsp3) is 0.783. The number of nitrogens with zero attached hydrogens (tertiary/aromatic N) is 2. The summed E-state index contributed by atoms with van der Waals surface area (Å²) >= 11 is 0. The molecule has 0 amide bonds. The molecule has 1 aromatic heterocycles. The number of pyridine rings is 1. The Kier molecular flexibility index (Phi) is 6.48. The van der Waals surface area contributed by atoms with Crippen LogP contribution < -0.4 is 4.74 Å². The number of hydrogen-bond donors (Lipinski definition) is 0. The zero-order chi connectivity index (χ0) is 17.6. The van der Waals surface area contributed by atoms with Gasteiger partial charge in [-0.3, -0.25) is 0 Å². The lowest BCUT2D eigenvalue weighted by Crippen LogP contribution is -2.31. The van der Waals surface area contributed by atoms with Crippen LogP contribution in [0.3, 0.4) is 0 Å². The Labute approximate surface area is 159 Å². The first-order chi connectivity index (χ1) is 12.9. The van der Waals surface area contributed by atoms with E-state index in [2.05, 4.69) is 17.0 Å². The molecule has 0 saturated heterocycles. The second-order valence-corrected chi connectivity index (χ2v) is 8.77. The molecule has 2 heterocycles. The zero-order valence-electron chi connectivity index (χ0n) is 16.4. The summed E-state index contributed by atoms with van der Waals surface area (Å²) in [5.74, 6) is 1.89. The molecule has 0 bridgehead atoms. The summed E-state index contributed by atoms with van der Waals surface area (Å²) in [4.78, 5) is 7.54. The summed E-state index contributed by atoms with van der Waals surface area (Å²) in [7, 11) is 0. The van der Waals surface area contributed by atoms with Crippen molar-refractivity contribution in [2.75, 3.05) is 19.6 Å². The molecule has 0 spiro atoms. The average molecular weight is 357 g/mol. The molecule has 0 atom stereocenters. The maximum absolute atomic E-state index is 6.00. The van der Waals surface area contributed by atoms with Crippen molar-refractivity contribution in [3.05, 3.63) is 23.4 Å². The summed E-state index contributed by atoms with van der Waals surface area (Å²) < 4.78 is 6.00. The molecule has 3 aliphatic rings. The van der Waals surface area contributed by atoms with Gasteiger partial charge in [0.05, 0.1) is 0 Å². The van der Waals surface area contributed by atoms with Crippen LogP contribution in [0.2, 0.25) is 0 Å². The van der Waals surface area contributed by atoms with Crippen molar-refractivity contribution in [3.8, 4) is 5.88 Å². The van der Waals surface area contributed by atoms with Gasteiger partial charge in [-0.05, 0) is 75.9 Å². The van der Waals surface area contributed by atoms with Crippen LogP contribution in [0.1, 0.15) is 81.9 Å². The lowest BCUT2D eigenvalue weighted by Gasteiger charge is -2.28. The molecular weight excluding hydrogens is 320 g/mol. The van der Waals surface area contributed by atoms with Crippen molar-refractivity contribution in [2.24, 2.45) is 5.92 Å². The van der Waals surface area contributed by atoms with Crippen molar-refractivity contribution in [1.82, 2.24) is 9.88 Å². The Morgan fingerprint density at radius 2 is 1.81 bits per heavy atom. The van der Waals surface area contributed by atoms with E-state index in [0.717, 1.165) is 24.6 Å². The largest absolute Gasteiger partial charge is 0.474 e. The van der Waals surface area contributed by atoms with Crippen LogP contribution >= 0.6 is 0 Å². The van der Waals surface area contributed by atoms with E-state index in [1.165, 1.54) is 102 Å². The van der Waals surface area contributed by atoms with Gasteiger partial charge in [-0.2, -0.15) is 0 Å². The van der Waals surface area contributed by atoms with Gasteiger partial charge < -0.3 is 9.64 Å². The molecule has 3 nitrogen and oxygen atoms in total. The topological polar surface area (TPSA) is 25.4 Å². The molecule has 26 heavy (non-hydrogen) atoms. The molecule has 4 rings (SSSR count). The van der Waals surface area contributed by atoms with Gasteiger partial charge in [0.25, 0.3) is 0 Å². The molecule has 2 fully saturated rings. The van der Waals surface area contributed by atoms with Gasteiger partial charge in [-0.25, -0.2) is 4.98 Å². The van der Waals surface area contributed by atoms with E-state index in [4.69, 9.17) is 9.72 Å². The number of ether oxygens (including phenoxy) is 1. The van der Waals surface area contributed by atoms with Crippen LogP contribution in [0.4, 0.5) is 0 Å². The fourth-order valence-electron chi connectivity index (χ4n) is 4.84. The van der Waals surface area contributed by atoms with Crippen molar-refractivity contribution >= 4 is 0 Å². The normalized spacial score (nSPS) is 22.9. The number of fused-ring (bicyclic) bond motifs is 1. The van der Waals surface area contributed by atoms with Crippen LogP contribution in [-0.2, 0) is 12.8 Å². The van der Waals surface area contributed by atoms with E-state index >= 15 is 0 Å². The Morgan fingerprint density at radius 1 is 0.923 bits per heavy atom. The van der Waals surface area contributed by atoms with Crippen LogP contribution in [0.15, 0.2) is 12.1 Å². The van der Waals surface area contributed by atoms with E-state index in [-0.39, 0.29) is 0 Å². The third kappa shape index (κ3) is 5.00. The van der Waals surface area contributed by atoms with Crippen LogP contribution in [0.5, 0.6) is 5.88 Å². The molecular formula is C23H36N2O. The third-order valence-electron chi connectivity index (χ3n) is 6.78. The van der Waals surface area contributed by atoms with E-state index in [1.807, 2.05) is 0 Å². The van der Waals surface area contributed by atoms with Crippen LogP contribution in [0.25, 0.3) is 0 Å². The quantitative estimate of drug-likeness (QED) is 0.703. The number of hydrogen-bond acceptors (Lipinski definition) is 3. The Hall–Kier alpha value is -1.09. The third-order valence-corrected chi connectivity index (χ3v) is 6.78. The van der Waals surface area contributed by atoms with Crippen molar-refractivity contribution in [1.29, 1.82) is 0 Å². The molecule has 2 saturated carbocycles. The summed E-state index contributed by atoms with van der Waals surface area (Å²) in [5, 5.41) is 0. The average Bonchev–Trinajstić information content (AvgIpc) is 2.62. The molecule has 0 unspecified atom stereocenters. The van der Waals surface area contributed by atoms with Gasteiger partial charge in [0, 0.05) is 18.3 Å². The highest BCUT2D eigenvalue weighted by molar-refractivity contribution is 5.27. The van der Waals surface area contributed by atoms with Crippen LogP contribution in [0, 0.1) is 5.92 Å². The van der Waals surface area contributed by atoms with Gasteiger partial charge in [-0.15, -0.1) is 0 Å². The molecule has 3 heteroatoms. The molecule has 144 valence electrons. The van der Waals surface area contributed by atoms with Gasteiger partial charge >= 0.3 is 0 Å². The summed E-state index contributed by atoms with van der Waals surface area (Å²) in [6, 6.07) is 4.38. The standard InChI is InChI=1S/C23H36N2O/c1-2-7-19(8-3-1)9-5-16-25-17-6-12-22-20(15-18-25)13-14-23(24-22)26-21-10-4-11-21/h13-14,19,21H,1-12,15-18H2. The van der Waals surface area contributed by atoms with E-state index < -0.39 is 0 Å². The van der Waals surface area contributed by atoms with E-state index in [0.29, 0.717) is 6.10 Å². The number of rotatable bonds is 6. The highest BCUT2D eigenvalue weighted by atomic mass is 16.5. The SMILES string of the molecule is c1cc2c(nc1OC1CCC1)CCCN(CCCC1CCCCC1)CC2. The second kappa shape index (κ2) is 9.21. The van der Waals surface area contributed by atoms with Crippen molar-refractivity contribution in [3.63, 3.8) is 0 Å². The van der Waals surface area contributed by atoms with Gasteiger partial charge in [0.15, 0.2) is 0 Å². The molecule has 2 aliphatic carbocycles. The smallest absolute Gasteiger partial charge is 0.213 e. The minimum absolute atomic E-state index is 0.425. The van der Waals surface area contributed by atoms with Gasteiger partial charge in [0.1, 0.15) is 6.10 Å². The van der Waals surface area contributed by atoms with E-state index in [9.17, 15) is 0 Å². The first kappa shape index (κ1) is 18.3.